The lowest BCUT2D eigenvalue weighted by Crippen LogP contribution is -2.52. The molecular formula is C24H24N6O5. The SMILES string of the molecule is O=C1CCC(N2Cc3ccc(-n4cc(C(=O)N5CCC6(CC=CCO6)C5)nn4)cc3C2=O)C(=O)N1. The van der Waals surface area contributed by atoms with Crippen LogP contribution in [-0.4, -0.2) is 79.8 Å². The summed E-state index contributed by atoms with van der Waals surface area (Å²) in [5, 5.41) is 10.5. The lowest BCUT2D eigenvalue weighted by molar-refractivity contribution is -0.136. The molecule has 11 heteroatoms. The minimum Gasteiger partial charge on any atom is -0.369 e. The Kier molecular flexibility index (Phi) is 5.03. The number of imide groups is 1. The first-order valence-electron chi connectivity index (χ1n) is 11.7. The van der Waals surface area contributed by atoms with E-state index in [1.165, 1.54) is 9.58 Å². The Hall–Kier alpha value is -3.86. The highest BCUT2D eigenvalue weighted by atomic mass is 16.5. The summed E-state index contributed by atoms with van der Waals surface area (Å²) in [4.78, 5) is 53.1. The second kappa shape index (κ2) is 8.12. The summed E-state index contributed by atoms with van der Waals surface area (Å²) in [6, 6.07) is 4.64. The van der Waals surface area contributed by atoms with E-state index in [1.54, 1.807) is 23.2 Å². The first-order valence-corrected chi connectivity index (χ1v) is 11.7. The van der Waals surface area contributed by atoms with Crippen molar-refractivity contribution >= 4 is 23.6 Å². The summed E-state index contributed by atoms with van der Waals surface area (Å²) in [7, 11) is 0. The van der Waals surface area contributed by atoms with E-state index in [4.69, 9.17) is 4.74 Å². The normalized spacial score (nSPS) is 25.9. The monoisotopic (exact) mass is 476 g/mol. The Balaban J connectivity index is 1.18. The number of piperidine rings is 1. The smallest absolute Gasteiger partial charge is 0.276 e. The molecule has 35 heavy (non-hydrogen) atoms. The number of amides is 4. The van der Waals surface area contributed by atoms with Crippen LogP contribution in [0.2, 0.25) is 0 Å². The quantitative estimate of drug-likeness (QED) is 0.507. The fourth-order valence-corrected chi connectivity index (χ4v) is 5.29. The predicted octanol–water partition coefficient (Wildman–Crippen LogP) is 0.590. The lowest BCUT2D eigenvalue weighted by Gasteiger charge is -2.30. The Morgan fingerprint density at radius 1 is 1.20 bits per heavy atom. The number of carbonyl (C=O) groups is 4. The zero-order valence-corrected chi connectivity index (χ0v) is 19.0. The molecule has 0 aliphatic carbocycles. The predicted molar refractivity (Wildman–Crippen MR) is 120 cm³/mol. The van der Waals surface area contributed by atoms with Crippen LogP contribution in [0, 0.1) is 0 Å². The van der Waals surface area contributed by atoms with Gasteiger partial charge in [0.1, 0.15) is 6.04 Å². The lowest BCUT2D eigenvalue weighted by atomic mass is 9.97. The van der Waals surface area contributed by atoms with E-state index >= 15 is 0 Å². The maximum absolute atomic E-state index is 13.1. The van der Waals surface area contributed by atoms with Crippen LogP contribution in [0.25, 0.3) is 5.69 Å². The Morgan fingerprint density at radius 2 is 2.09 bits per heavy atom. The number of hydrogen-bond acceptors (Lipinski definition) is 7. The van der Waals surface area contributed by atoms with E-state index < -0.39 is 11.9 Å². The topological polar surface area (TPSA) is 127 Å². The molecule has 0 radical (unpaired) electrons. The highest BCUT2D eigenvalue weighted by Gasteiger charge is 2.42. The molecule has 1 spiro atoms. The summed E-state index contributed by atoms with van der Waals surface area (Å²) in [6.07, 6.45) is 7.75. The van der Waals surface area contributed by atoms with Crippen LogP contribution in [0.4, 0.5) is 0 Å². The van der Waals surface area contributed by atoms with Gasteiger partial charge in [-0.1, -0.05) is 23.4 Å². The van der Waals surface area contributed by atoms with Gasteiger partial charge in [0.25, 0.3) is 11.8 Å². The Bertz CT molecular complexity index is 1280. The molecule has 4 amide bonds. The van der Waals surface area contributed by atoms with E-state index in [2.05, 4.69) is 21.7 Å². The molecule has 2 fully saturated rings. The first-order chi connectivity index (χ1) is 16.9. The van der Waals surface area contributed by atoms with Gasteiger partial charge in [0.05, 0.1) is 30.6 Å². The van der Waals surface area contributed by atoms with Crippen molar-refractivity contribution in [2.75, 3.05) is 19.7 Å². The summed E-state index contributed by atoms with van der Waals surface area (Å²) < 4.78 is 7.41. The van der Waals surface area contributed by atoms with Crippen molar-refractivity contribution in [1.82, 2.24) is 30.1 Å². The van der Waals surface area contributed by atoms with Crippen molar-refractivity contribution in [2.45, 2.75) is 43.9 Å². The summed E-state index contributed by atoms with van der Waals surface area (Å²) in [5.74, 6) is -1.23. The number of fused-ring (bicyclic) bond motifs is 1. The highest BCUT2D eigenvalue weighted by Crippen LogP contribution is 2.32. The molecule has 1 N–H and O–H groups in total. The first kappa shape index (κ1) is 21.7. The third-order valence-electron chi connectivity index (χ3n) is 7.23. The molecule has 5 heterocycles. The van der Waals surface area contributed by atoms with Crippen molar-refractivity contribution in [3.8, 4) is 5.69 Å². The summed E-state index contributed by atoms with van der Waals surface area (Å²) >= 11 is 0. The van der Waals surface area contributed by atoms with Gasteiger partial charge in [-0.15, -0.1) is 5.10 Å². The third-order valence-corrected chi connectivity index (χ3v) is 7.23. The average molecular weight is 476 g/mol. The number of nitrogens with zero attached hydrogens (tertiary/aromatic N) is 5. The van der Waals surface area contributed by atoms with Gasteiger partial charge in [0, 0.05) is 25.1 Å². The van der Waals surface area contributed by atoms with Gasteiger partial charge >= 0.3 is 0 Å². The zero-order valence-electron chi connectivity index (χ0n) is 19.0. The Morgan fingerprint density at radius 3 is 2.89 bits per heavy atom. The van der Waals surface area contributed by atoms with Gasteiger partial charge in [0.2, 0.25) is 11.8 Å². The molecule has 2 aromatic rings. The molecule has 1 aromatic heterocycles. The van der Waals surface area contributed by atoms with Gasteiger partial charge in [0.15, 0.2) is 5.69 Å². The molecule has 2 atom stereocenters. The molecule has 2 saturated heterocycles. The number of hydrogen-bond donors (Lipinski definition) is 1. The molecular weight excluding hydrogens is 452 g/mol. The number of carbonyl (C=O) groups excluding carboxylic acids is 4. The van der Waals surface area contributed by atoms with Gasteiger partial charge in [-0.3, -0.25) is 24.5 Å². The second-order valence-corrected chi connectivity index (χ2v) is 9.44. The number of ether oxygens (including phenoxy) is 1. The van der Waals surface area contributed by atoms with Crippen molar-refractivity contribution in [2.24, 2.45) is 0 Å². The maximum atomic E-state index is 13.1. The third kappa shape index (κ3) is 3.72. The molecule has 180 valence electrons. The van der Waals surface area contributed by atoms with Crippen molar-refractivity contribution in [3.05, 3.63) is 53.4 Å². The van der Waals surface area contributed by atoms with Gasteiger partial charge in [-0.2, -0.15) is 0 Å². The fraction of sp³-hybridized carbons (Fsp3) is 0.417. The molecule has 0 bridgehead atoms. The van der Waals surface area contributed by atoms with Crippen LogP contribution in [-0.2, 0) is 20.9 Å². The van der Waals surface area contributed by atoms with Crippen molar-refractivity contribution in [3.63, 3.8) is 0 Å². The summed E-state index contributed by atoms with van der Waals surface area (Å²) in [6.45, 7) is 1.99. The van der Waals surface area contributed by atoms with Gasteiger partial charge in [-0.25, -0.2) is 4.68 Å². The number of likely N-dealkylation sites (tertiary alicyclic amines) is 1. The molecule has 6 rings (SSSR count). The van der Waals surface area contributed by atoms with Crippen LogP contribution in [0.5, 0.6) is 0 Å². The molecule has 11 nitrogen and oxygen atoms in total. The standard InChI is InChI=1S/C24H24N6O5/c31-20-6-5-19(21(32)25-20)29-12-15-3-4-16(11-17(15)22(29)33)30-13-18(26-27-30)23(34)28-9-8-24(14-28)7-1-2-10-35-24/h1-4,11,13,19H,5-10,12,14H2,(H,25,31,32). The minimum atomic E-state index is -0.668. The van der Waals surface area contributed by atoms with Gasteiger partial charge in [-0.05, 0) is 37.0 Å². The zero-order chi connectivity index (χ0) is 24.2. The van der Waals surface area contributed by atoms with Crippen LogP contribution in [0.3, 0.4) is 0 Å². The van der Waals surface area contributed by atoms with E-state index in [9.17, 15) is 19.2 Å². The number of rotatable bonds is 3. The van der Waals surface area contributed by atoms with Crippen LogP contribution < -0.4 is 5.32 Å². The fourth-order valence-electron chi connectivity index (χ4n) is 5.29. The van der Waals surface area contributed by atoms with E-state index in [0.717, 1.165) is 18.4 Å². The Labute approximate surface area is 200 Å². The van der Waals surface area contributed by atoms with E-state index in [1.807, 2.05) is 12.1 Å². The van der Waals surface area contributed by atoms with Crippen LogP contribution >= 0.6 is 0 Å². The van der Waals surface area contributed by atoms with Crippen molar-refractivity contribution < 1.29 is 23.9 Å². The highest BCUT2D eigenvalue weighted by molar-refractivity contribution is 6.05. The largest absolute Gasteiger partial charge is 0.369 e. The molecule has 2 unspecified atom stereocenters. The number of aromatic nitrogens is 3. The van der Waals surface area contributed by atoms with E-state index in [0.29, 0.717) is 43.9 Å². The van der Waals surface area contributed by atoms with Crippen molar-refractivity contribution in [1.29, 1.82) is 0 Å². The second-order valence-electron chi connectivity index (χ2n) is 9.44. The molecule has 4 aliphatic heterocycles. The molecule has 0 saturated carbocycles. The number of nitrogens with one attached hydrogen (secondary N) is 1. The minimum absolute atomic E-state index is 0.201. The maximum Gasteiger partial charge on any atom is 0.276 e. The van der Waals surface area contributed by atoms with Crippen LogP contribution in [0.1, 0.15) is 52.1 Å². The van der Waals surface area contributed by atoms with Gasteiger partial charge < -0.3 is 14.5 Å². The van der Waals surface area contributed by atoms with Crippen LogP contribution in [0.15, 0.2) is 36.5 Å². The molecule has 4 aliphatic rings. The average Bonchev–Trinajstić information content (AvgIpc) is 3.58. The molecule has 1 aromatic carbocycles. The number of benzene rings is 1. The summed E-state index contributed by atoms with van der Waals surface area (Å²) in [5.41, 5.74) is 1.77. The van der Waals surface area contributed by atoms with E-state index in [-0.39, 0.29) is 35.4 Å².